The molecule has 32 heavy (non-hydrogen) atoms. The van der Waals surface area contributed by atoms with Crippen molar-refractivity contribution in [1.29, 1.82) is 0 Å². The van der Waals surface area contributed by atoms with E-state index in [1.165, 1.54) is 11.8 Å². The summed E-state index contributed by atoms with van der Waals surface area (Å²) >= 11 is 0. The first-order valence-corrected chi connectivity index (χ1v) is 10.9. The number of anilines is 1. The number of carbonyl (C=O) groups excluding carboxylic acids is 3. The number of nitrogens with zero attached hydrogens (tertiary/aromatic N) is 2. The molecule has 1 aliphatic heterocycles. The molecule has 0 spiro atoms. The summed E-state index contributed by atoms with van der Waals surface area (Å²) in [5.74, 6) is -1.82. The van der Waals surface area contributed by atoms with Crippen LogP contribution >= 0.6 is 0 Å². The van der Waals surface area contributed by atoms with Gasteiger partial charge < -0.3 is 14.7 Å². The van der Waals surface area contributed by atoms with Crippen LogP contribution in [-0.2, 0) is 25.5 Å². The summed E-state index contributed by atoms with van der Waals surface area (Å²) in [7, 11) is 0. The summed E-state index contributed by atoms with van der Waals surface area (Å²) in [5.41, 5.74) is 3.16. The molecule has 0 aromatic heterocycles. The number of unbranched alkanes of at least 4 members (excludes halogenated alkanes) is 2. The van der Waals surface area contributed by atoms with Crippen molar-refractivity contribution in [3.63, 3.8) is 0 Å². The second kappa shape index (κ2) is 10.5. The van der Waals surface area contributed by atoms with Crippen LogP contribution in [-0.4, -0.2) is 46.0 Å². The zero-order valence-corrected chi connectivity index (χ0v) is 19.4. The molecule has 176 valence electrons. The number of hydrazine groups is 1. The summed E-state index contributed by atoms with van der Waals surface area (Å²) in [4.78, 5) is 50.7. The van der Waals surface area contributed by atoms with Crippen LogP contribution in [0.1, 0.15) is 77.5 Å². The molecule has 3 amide bonds. The van der Waals surface area contributed by atoms with Gasteiger partial charge in [0.25, 0.3) is 0 Å². The van der Waals surface area contributed by atoms with Gasteiger partial charge in [0.15, 0.2) is 6.04 Å². The number of fused-ring (bicyclic) bond motifs is 1. The van der Waals surface area contributed by atoms with Crippen LogP contribution in [0.25, 0.3) is 0 Å². The lowest BCUT2D eigenvalue weighted by Gasteiger charge is -2.35. The lowest BCUT2D eigenvalue weighted by molar-refractivity contribution is -0.151. The number of hydrogen-bond donors (Lipinski definition) is 2. The summed E-state index contributed by atoms with van der Waals surface area (Å²) < 4.78 is 5.22. The van der Waals surface area contributed by atoms with Crippen molar-refractivity contribution in [1.82, 2.24) is 10.3 Å². The molecule has 0 aliphatic carbocycles. The summed E-state index contributed by atoms with van der Waals surface area (Å²) in [6.45, 7) is 8.73. The fourth-order valence-corrected chi connectivity index (χ4v) is 3.66. The number of ether oxygens (including phenoxy) is 1. The third-order valence-corrected chi connectivity index (χ3v) is 5.08. The van der Waals surface area contributed by atoms with Gasteiger partial charge in [-0.1, -0.05) is 25.8 Å². The van der Waals surface area contributed by atoms with Gasteiger partial charge in [-0.25, -0.2) is 20.0 Å². The maximum absolute atomic E-state index is 12.7. The Morgan fingerprint density at radius 3 is 2.47 bits per heavy atom. The van der Waals surface area contributed by atoms with E-state index in [1.807, 2.05) is 6.92 Å². The van der Waals surface area contributed by atoms with Gasteiger partial charge in [0, 0.05) is 19.9 Å². The lowest BCUT2D eigenvalue weighted by Crippen LogP contribution is -2.48. The molecular weight excluding hydrogens is 414 g/mol. The molecule has 0 saturated heterocycles. The van der Waals surface area contributed by atoms with Crippen molar-refractivity contribution < 1.29 is 29.0 Å². The largest absolute Gasteiger partial charge is 0.479 e. The van der Waals surface area contributed by atoms with E-state index >= 15 is 0 Å². The topological polar surface area (TPSA) is 116 Å². The Hall–Kier alpha value is -3.10. The number of carboxylic acids is 1. The predicted molar refractivity (Wildman–Crippen MR) is 119 cm³/mol. The van der Waals surface area contributed by atoms with Crippen LogP contribution in [0.2, 0.25) is 0 Å². The van der Waals surface area contributed by atoms with Gasteiger partial charge in [0.1, 0.15) is 5.60 Å². The maximum Gasteiger partial charge on any atom is 0.427 e. The average Bonchev–Trinajstić information content (AvgIpc) is 2.69. The Morgan fingerprint density at radius 1 is 1.22 bits per heavy atom. The minimum atomic E-state index is -1.15. The number of carbonyl (C=O) groups is 4. The van der Waals surface area contributed by atoms with E-state index < -0.39 is 29.6 Å². The Balaban J connectivity index is 2.34. The molecular formula is C23H33N3O6. The third kappa shape index (κ3) is 6.45. The monoisotopic (exact) mass is 447 g/mol. The van der Waals surface area contributed by atoms with E-state index in [2.05, 4.69) is 5.43 Å². The molecule has 2 N–H and O–H groups in total. The van der Waals surface area contributed by atoms with Crippen LogP contribution in [0.15, 0.2) is 18.2 Å². The molecule has 1 heterocycles. The van der Waals surface area contributed by atoms with Crippen LogP contribution < -0.4 is 10.4 Å². The number of amides is 3. The van der Waals surface area contributed by atoms with E-state index in [0.29, 0.717) is 31.4 Å². The smallest absolute Gasteiger partial charge is 0.427 e. The van der Waals surface area contributed by atoms with Gasteiger partial charge in [-0.05, 0) is 56.9 Å². The molecule has 1 aromatic carbocycles. The van der Waals surface area contributed by atoms with E-state index in [-0.39, 0.29) is 11.6 Å². The Labute approximate surface area is 188 Å². The normalized spacial score (nSPS) is 15.5. The molecule has 1 aliphatic rings. The first-order chi connectivity index (χ1) is 14.9. The highest BCUT2D eigenvalue weighted by atomic mass is 16.6. The van der Waals surface area contributed by atoms with Crippen LogP contribution in [0.5, 0.6) is 0 Å². The number of benzene rings is 1. The number of nitrogens with one attached hydrogen (secondary N) is 1. The number of rotatable bonds is 6. The highest BCUT2D eigenvalue weighted by Crippen LogP contribution is 2.33. The number of aliphatic carboxylic acids is 1. The summed E-state index contributed by atoms with van der Waals surface area (Å²) in [5, 5.41) is 10.9. The van der Waals surface area contributed by atoms with Crippen molar-refractivity contribution in [2.45, 2.75) is 78.4 Å². The molecule has 1 unspecified atom stereocenters. The number of carboxylic acid groups (broad SMARTS) is 1. The van der Waals surface area contributed by atoms with Crippen molar-refractivity contribution in [3.8, 4) is 0 Å². The quantitative estimate of drug-likeness (QED) is 0.509. The standard InChI is InChI=1S/C23H33N3O6/c1-6-7-8-9-19(28)25-13-12-16-10-11-17(14-18(16)20(25)21(29)30)26(15(2)27)24-22(31)32-23(3,4)5/h10-11,14,20H,6-9,12-13H2,1-5H3,(H,24,31)(H,29,30). The Bertz CT molecular complexity index is 877. The first kappa shape index (κ1) is 25.2. The number of hydrogen-bond acceptors (Lipinski definition) is 5. The van der Waals surface area contributed by atoms with Crippen molar-refractivity contribution in [2.75, 3.05) is 11.6 Å². The molecule has 0 bridgehead atoms. The second-order valence-corrected chi connectivity index (χ2v) is 8.89. The summed E-state index contributed by atoms with van der Waals surface area (Å²) in [6, 6.07) is 3.75. The lowest BCUT2D eigenvalue weighted by atomic mass is 9.91. The zero-order valence-electron chi connectivity index (χ0n) is 19.4. The SMILES string of the molecule is CCCCCC(=O)N1CCc2ccc(N(NC(=O)OC(C)(C)C)C(C)=O)cc2C1C(=O)O. The van der Waals surface area contributed by atoms with Gasteiger partial charge in [0.05, 0.1) is 5.69 Å². The van der Waals surface area contributed by atoms with E-state index in [9.17, 15) is 24.3 Å². The van der Waals surface area contributed by atoms with Gasteiger partial charge >= 0.3 is 12.1 Å². The maximum atomic E-state index is 12.7. The fraction of sp³-hybridized carbons (Fsp3) is 0.565. The molecule has 2 rings (SSSR count). The average molecular weight is 448 g/mol. The van der Waals surface area contributed by atoms with Crippen molar-refractivity contribution >= 4 is 29.6 Å². The first-order valence-electron chi connectivity index (χ1n) is 10.9. The van der Waals surface area contributed by atoms with Gasteiger partial charge in [-0.3, -0.25) is 9.59 Å². The van der Waals surface area contributed by atoms with Crippen molar-refractivity contribution in [3.05, 3.63) is 29.3 Å². The minimum absolute atomic E-state index is 0.197. The van der Waals surface area contributed by atoms with Gasteiger partial charge in [-0.15, -0.1) is 0 Å². The molecule has 0 fully saturated rings. The summed E-state index contributed by atoms with van der Waals surface area (Å²) in [6.07, 6.45) is 2.58. The second-order valence-electron chi connectivity index (χ2n) is 8.89. The van der Waals surface area contributed by atoms with E-state index in [4.69, 9.17) is 4.74 Å². The molecule has 9 nitrogen and oxygen atoms in total. The Kier molecular flexibility index (Phi) is 8.24. The van der Waals surface area contributed by atoms with Gasteiger partial charge in [0.2, 0.25) is 11.8 Å². The Morgan fingerprint density at radius 2 is 1.91 bits per heavy atom. The fourth-order valence-electron chi connectivity index (χ4n) is 3.66. The van der Waals surface area contributed by atoms with Gasteiger partial charge in [-0.2, -0.15) is 0 Å². The molecule has 0 saturated carbocycles. The highest BCUT2D eigenvalue weighted by molar-refractivity contribution is 5.94. The predicted octanol–water partition coefficient (Wildman–Crippen LogP) is 3.57. The molecule has 0 radical (unpaired) electrons. The van der Waals surface area contributed by atoms with E-state index in [1.54, 1.807) is 39.0 Å². The molecule has 1 atom stereocenters. The third-order valence-electron chi connectivity index (χ3n) is 5.08. The minimum Gasteiger partial charge on any atom is -0.479 e. The van der Waals surface area contributed by atoms with E-state index in [0.717, 1.165) is 23.4 Å². The van der Waals surface area contributed by atoms with Crippen LogP contribution in [0, 0.1) is 0 Å². The highest BCUT2D eigenvalue weighted by Gasteiger charge is 2.36. The molecule has 1 aromatic rings. The van der Waals surface area contributed by atoms with Crippen LogP contribution in [0.3, 0.4) is 0 Å². The van der Waals surface area contributed by atoms with Crippen LogP contribution in [0.4, 0.5) is 10.5 Å². The zero-order chi connectivity index (χ0) is 24.1. The molecule has 9 heteroatoms. The van der Waals surface area contributed by atoms with Crippen molar-refractivity contribution in [2.24, 2.45) is 0 Å².